The number of rotatable bonds is 3. The highest BCUT2D eigenvalue weighted by Gasteiger charge is 2.35. The van der Waals surface area contributed by atoms with E-state index >= 15 is 0 Å². The first-order valence-electron chi connectivity index (χ1n) is 9.20. The summed E-state index contributed by atoms with van der Waals surface area (Å²) in [6.45, 7) is 2.57. The van der Waals surface area contributed by atoms with Gasteiger partial charge in [-0.2, -0.15) is 4.98 Å². The predicted octanol–water partition coefficient (Wildman–Crippen LogP) is 3.45. The maximum absolute atomic E-state index is 12.5. The van der Waals surface area contributed by atoms with Crippen molar-refractivity contribution in [1.29, 1.82) is 0 Å². The molecule has 1 unspecified atom stereocenters. The zero-order valence-corrected chi connectivity index (χ0v) is 15.7. The standard InChI is InChI=1S/C21H19N5O2/c1-13-3-6-16(7-4-13)26-11-15(10-19(26)27)21-23-20(24-28-21)14-5-8-18-17(9-14)22-12-25(18)2/h3-9,12,15H,10-11H2,1-2H3. The van der Waals surface area contributed by atoms with Gasteiger partial charge in [0.15, 0.2) is 0 Å². The Morgan fingerprint density at radius 3 is 2.79 bits per heavy atom. The van der Waals surface area contributed by atoms with E-state index in [9.17, 15) is 4.79 Å². The van der Waals surface area contributed by atoms with Crippen molar-refractivity contribution in [2.45, 2.75) is 19.3 Å². The molecule has 1 aliphatic heterocycles. The third-order valence-corrected chi connectivity index (χ3v) is 5.25. The van der Waals surface area contributed by atoms with E-state index in [2.05, 4.69) is 15.1 Å². The number of imidazole rings is 1. The molecule has 0 aliphatic carbocycles. The summed E-state index contributed by atoms with van der Waals surface area (Å²) in [5, 5.41) is 4.13. The Hall–Kier alpha value is -3.48. The smallest absolute Gasteiger partial charge is 0.232 e. The van der Waals surface area contributed by atoms with E-state index in [1.807, 2.05) is 61.0 Å². The molecule has 1 saturated heterocycles. The molecule has 28 heavy (non-hydrogen) atoms. The summed E-state index contributed by atoms with van der Waals surface area (Å²) in [6, 6.07) is 13.8. The van der Waals surface area contributed by atoms with E-state index in [0.29, 0.717) is 24.7 Å². The fourth-order valence-corrected chi connectivity index (χ4v) is 3.64. The number of carbonyl (C=O) groups is 1. The fraction of sp³-hybridized carbons (Fsp3) is 0.238. The molecule has 2 aromatic heterocycles. The highest BCUT2D eigenvalue weighted by molar-refractivity contribution is 5.96. The van der Waals surface area contributed by atoms with E-state index in [-0.39, 0.29) is 11.8 Å². The van der Waals surface area contributed by atoms with Gasteiger partial charge in [-0.15, -0.1) is 0 Å². The second-order valence-corrected chi connectivity index (χ2v) is 7.26. The molecule has 7 heteroatoms. The molecule has 0 radical (unpaired) electrons. The topological polar surface area (TPSA) is 77.1 Å². The van der Waals surface area contributed by atoms with Gasteiger partial charge in [0.1, 0.15) is 0 Å². The fourth-order valence-electron chi connectivity index (χ4n) is 3.64. The van der Waals surface area contributed by atoms with Gasteiger partial charge in [-0.05, 0) is 37.3 Å². The minimum absolute atomic E-state index is 0.0727. The summed E-state index contributed by atoms with van der Waals surface area (Å²) in [6.07, 6.45) is 2.15. The second kappa shape index (κ2) is 6.30. The minimum Gasteiger partial charge on any atom is -0.339 e. The van der Waals surface area contributed by atoms with Gasteiger partial charge in [0.2, 0.25) is 17.6 Å². The molecule has 0 spiro atoms. The van der Waals surface area contributed by atoms with Gasteiger partial charge in [0.25, 0.3) is 0 Å². The van der Waals surface area contributed by atoms with Crippen LogP contribution >= 0.6 is 0 Å². The van der Waals surface area contributed by atoms with Crippen LogP contribution in [0.25, 0.3) is 22.4 Å². The van der Waals surface area contributed by atoms with Gasteiger partial charge in [-0.3, -0.25) is 4.79 Å². The second-order valence-electron chi connectivity index (χ2n) is 7.26. The predicted molar refractivity (Wildman–Crippen MR) is 105 cm³/mol. The van der Waals surface area contributed by atoms with Gasteiger partial charge in [-0.1, -0.05) is 22.9 Å². The average Bonchev–Trinajstić information content (AvgIpc) is 3.41. The summed E-state index contributed by atoms with van der Waals surface area (Å²) in [5.74, 6) is 0.986. The van der Waals surface area contributed by atoms with Crippen LogP contribution in [0.3, 0.4) is 0 Å². The van der Waals surface area contributed by atoms with Crippen LogP contribution in [0.15, 0.2) is 53.3 Å². The highest BCUT2D eigenvalue weighted by atomic mass is 16.5. The van der Waals surface area contributed by atoms with Crippen LogP contribution in [0, 0.1) is 6.92 Å². The van der Waals surface area contributed by atoms with Crippen molar-refractivity contribution in [3.05, 3.63) is 60.2 Å². The molecule has 5 rings (SSSR count). The number of aromatic nitrogens is 4. The van der Waals surface area contributed by atoms with Crippen LogP contribution < -0.4 is 4.90 Å². The van der Waals surface area contributed by atoms with Crippen molar-refractivity contribution in [3.8, 4) is 11.4 Å². The first kappa shape index (κ1) is 16.7. The molecule has 4 aromatic rings. The van der Waals surface area contributed by atoms with Gasteiger partial charge >= 0.3 is 0 Å². The lowest BCUT2D eigenvalue weighted by Crippen LogP contribution is -2.24. The van der Waals surface area contributed by atoms with Crippen LogP contribution in [-0.4, -0.2) is 32.1 Å². The third-order valence-electron chi connectivity index (χ3n) is 5.25. The molecule has 0 saturated carbocycles. The summed E-state index contributed by atoms with van der Waals surface area (Å²) < 4.78 is 7.47. The number of carbonyl (C=O) groups excluding carboxylic acids is 1. The first-order chi connectivity index (χ1) is 13.6. The van der Waals surface area contributed by atoms with E-state index in [1.165, 1.54) is 5.56 Å². The quantitative estimate of drug-likeness (QED) is 0.550. The summed E-state index contributed by atoms with van der Waals surface area (Å²) in [7, 11) is 1.96. The molecule has 1 aliphatic rings. The van der Waals surface area contributed by atoms with E-state index in [0.717, 1.165) is 22.3 Å². The number of nitrogens with zero attached hydrogens (tertiary/aromatic N) is 5. The van der Waals surface area contributed by atoms with Gasteiger partial charge < -0.3 is 14.0 Å². The van der Waals surface area contributed by atoms with E-state index in [1.54, 1.807) is 11.2 Å². The largest absolute Gasteiger partial charge is 0.339 e. The number of amides is 1. The Morgan fingerprint density at radius 1 is 1.14 bits per heavy atom. The first-order valence-corrected chi connectivity index (χ1v) is 9.20. The lowest BCUT2D eigenvalue weighted by atomic mass is 10.1. The number of aryl methyl sites for hydroxylation is 2. The molecule has 7 nitrogen and oxygen atoms in total. The highest BCUT2D eigenvalue weighted by Crippen LogP contribution is 2.32. The van der Waals surface area contributed by atoms with Crippen LogP contribution in [-0.2, 0) is 11.8 Å². The molecule has 1 amide bonds. The average molecular weight is 373 g/mol. The number of hydrogen-bond acceptors (Lipinski definition) is 5. The molecule has 3 heterocycles. The van der Waals surface area contributed by atoms with Crippen LogP contribution in [0.1, 0.15) is 23.8 Å². The monoisotopic (exact) mass is 373 g/mol. The Morgan fingerprint density at radius 2 is 1.96 bits per heavy atom. The SMILES string of the molecule is Cc1ccc(N2CC(c3nc(-c4ccc5c(c4)ncn5C)no3)CC2=O)cc1. The zero-order valence-electron chi connectivity index (χ0n) is 15.7. The van der Waals surface area contributed by atoms with Gasteiger partial charge in [0.05, 0.1) is 23.3 Å². The Kier molecular flexibility index (Phi) is 3.75. The Bertz CT molecular complexity index is 1180. The van der Waals surface area contributed by atoms with Gasteiger partial charge in [0, 0.05) is 31.3 Å². The van der Waals surface area contributed by atoms with Crippen LogP contribution in [0.2, 0.25) is 0 Å². The molecular weight excluding hydrogens is 354 g/mol. The van der Waals surface area contributed by atoms with Crippen molar-refractivity contribution in [3.63, 3.8) is 0 Å². The summed E-state index contributed by atoms with van der Waals surface area (Å²) in [4.78, 5) is 23.2. The molecular formula is C21H19N5O2. The Labute approximate surface area is 161 Å². The van der Waals surface area contributed by atoms with Crippen molar-refractivity contribution in [2.24, 2.45) is 7.05 Å². The van der Waals surface area contributed by atoms with E-state index in [4.69, 9.17) is 4.52 Å². The lowest BCUT2D eigenvalue weighted by molar-refractivity contribution is -0.117. The van der Waals surface area contributed by atoms with E-state index < -0.39 is 0 Å². The molecule has 1 atom stereocenters. The lowest BCUT2D eigenvalue weighted by Gasteiger charge is -2.16. The summed E-state index contributed by atoms with van der Waals surface area (Å²) >= 11 is 0. The van der Waals surface area contributed by atoms with Crippen molar-refractivity contribution >= 4 is 22.6 Å². The third kappa shape index (κ3) is 2.76. The minimum atomic E-state index is -0.103. The molecule has 1 fully saturated rings. The number of fused-ring (bicyclic) bond motifs is 1. The molecule has 2 aromatic carbocycles. The Balaban J connectivity index is 1.39. The van der Waals surface area contributed by atoms with Crippen molar-refractivity contribution in [1.82, 2.24) is 19.7 Å². The number of hydrogen-bond donors (Lipinski definition) is 0. The molecule has 0 N–H and O–H groups in total. The normalized spacial score (nSPS) is 17.0. The maximum Gasteiger partial charge on any atom is 0.232 e. The number of benzene rings is 2. The van der Waals surface area contributed by atoms with Crippen molar-refractivity contribution in [2.75, 3.05) is 11.4 Å². The number of anilines is 1. The van der Waals surface area contributed by atoms with Crippen LogP contribution in [0.4, 0.5) is 5.69 Å². The maximum atomic E-state index is 12.5. The molecule has 140 valence electrons. The van der Waals surface area contributed by atoms with Gasteiger partial charge in [-0.25, -0.2) is 4.98 Å². The van der Waals surface area contributed by atoms with Crippen molar-refractivity contribution < 1.29 is 9.32 Å². The zero-order chi connectivity index (χ0) is 19.3. The molecule has 0 bridgehead atoms. The van der Waals surface area contributed by atoms with Crippen LogP contribution in [0.5, 0.6) is 0 Å². The summed E-state index contributed by atoms with van der Waals surface area (Å²) in [5.41, 5.74) is 4.84.